The van der Waals surface area contributed by atoms with E-state index < -0.39 is 0 Å². The highest BCUT2D eigenvalue weighted by Crippen LogP contribution is 2.26. The molecule has 1 heterocycles. The van der Waals surface area contributed by atoms with E-state index in [1.165, 1.54) is 11.3 Å². The molecule has 1 N–H and O–H groups in total. The summed E-state index contributed by atoms with van der Waals surface area (Å²) >= 11 is 1.79. The van der Waals surface area contributed by atoms with Crippen LogP contribution in [0.5, 0.6) is 0 Å². The van der Waals surface area contributed by atoms with Crippen LogP contribution in [0.4, 0.5) is 5.13 Å². The third-order valence-corrected chi connectivity index (χ3v) is 3.90. The molecular formula is C13H25N3S. The predicted molar refractivity (Wildman–Crippen MR) is 76.9 cm³/mol. The Kier molecular flexibility index (Phi) is 5.92. The molecule has 98 valence electrons. The fraction of sp³-hybridized carbons (Fsp3) is 0.769. The Balaban J connectivity index is 2.57. The summed E-state index contributed by atoms with van der Waals surface area (Å²) in [4.78, 5) is 8.07. The van der Waals surface area contributed by atoms with Gasteiger partial charge in [0.1, 0.15) is 0 Å². The van der Waals surface area contributed by atoms with E-state index in [4.69, 9.17) is 0 Å². The zero-order valence-corrected chi connectivity index (χ0v) is 12.5. The van der Waals surface area contributed by atoms with E-state index in [1.54, 1.807) is 11.3 Å². The maximum absolute atomic E-state index is 4.50. The summed E-state index contributed by atoms with van der Waals surface area (Å²) in [5.41, 5.74) is 0. The minimum atomic E-state index is 0.411. The Bertz CT molecular complexity index is 322. The van der Waals surface area contributed by atoms with E-state index in [-0.39, 0.29) is 0 Å². The number of thiazole rings is 1. The van der Waals surface area contributed by atoms with Gasteiger partial charge in [-0.2, -0.15) is 0 Å². The van der Waals surface area contributed by atoms with Crippen molar-refractivity contribution in [2.45, 2.75) is 40.2 Å². The van der Waals surface area contributed by atoms with Gasteiger partial charge in [0, 0.05) is 30.7 Å². The summed E-state index contributed by atoms with van der Waals surface area (Å²) in [7, 11) is 2.12. The molecule has 0 spiro atoms. The fourth-order valence-electron chi connectivity index (χ4n) is 1.74. The molecule has 4 heteroatoms. The van der Waals surface area contributed by atoms with Crippen LogP contribution in [-0.2, 0) is 0 Å². The molecule has 0 bridgehead atoms. The van der Waals surface area contributed by atoms with Gasteiger partial charge < -0.3 is 10.2 Å². The van der Waals surface area contributed by atoms with E-state index in [9.17, 15) is 0 Å². The molecule has 1 rings (SSSR count). The van der Waals surface area contributed by atoms with Gasteiger partial charge in [-0.3, -0.25) is 0 Å². The Labute approximate surface area is 109 Å². The Morgan fingerprint density at radius 2 is 2.12 bits per heavy atom. The summed E-state index contributed by atoms with van der Waals surface area (Å²) in [6.45, 7) is 11.0. The van der Waals surface area contributed by atoms with Gasteiger partial charge in [0.2, 0.25) is 0 Å². The quantitative estimate of drug-likeness (QED) is 0.810. The van der Waals surface area contributed by atoms with Crippen LogP contribution in [0.25, 0.3) is 0 Å². The third-order valence-electron chi connectivity index (χ3n) is 2.60. The highest BCUT2D eigenvalue weighted by atomic mass is 32.1. The van der Waals surface area contributed by atoms with E-state index in [0.717, 1.165) is 18.2 Å². The third kappa shape index (κ3) is 4.64. The van der Waals surface area contributed by atoms with Gasteiger partial charge in [-0.1, -0.05) is 20.8 Å². The Morgan fingerprint density at radius 3 is 2.71 bits per heavy atom. The molecular weight excluding hydrogens is 230 g/mol. The predicted octanol–water partition coefficient (Wildman–Crippen LogP) is 3.30. The van der Waals surface area contributed by atoms with Crippen molar-refractivity contribution in [1.29, 1.82) is 0 Å². The Hall–Kier alpha value is -0.610. The normalized spacial score (nSPS) is 13.1. The molecule has 17 heavy (non-hydrogen) atoms. The molecule has 0 saturated carbocycles. The van der Waals surface area contributed by atoms with Crippen molar-refractivity contribution in [3.05, 3.63) is 11.1 Å². The number of rotatable bonds is 7. The van der Waals surface area contributed by atoms with Crippen LogP contribution in [0.15, 0.2) is 6.20 Å². The zero-order valence-electron chi connectivity index (χ0n) is 11.7. The van der Waals surface area contributed by atoms with Crippen LogP contribution in [-0.4, -0.2) is 25.1 Å². The fourth-order valence-corrected chi connectivity index (χ4v) is 2.65. The maximum Gasteiger partial charge on any atom is 0.185 e. The van der Waals surface area contributed by atoms with Crippen LogP contribution in [0.3, 0.4) is 0 Å². The van der Waals surface area contributed by atoms with Crippen molar-refractivity contribution in [2.24, 2.45) is 5.92 Å². The van der Waals surface area contributed by atoms with Gasteiger partial charge in [0.05, 0.1) is 0 Å². The van der Waals surface area contributed by atoms with Crippen molar-refractivity contribution in [3.63, 3.8) is 0 Å². The van der Waals surface area contributed by atoms with Crippen LogP contribution in [0.1, 0.15) is 45.0 Å². The first kappa shape index (κ1) is 14.5. The molecule has 1 atom stereocenters. The van der Waals surface area contributed by atoms with Gasteiger partial charge >= 0.3 is 0 Å². The number of nitrogens with zero attached hydrogens (tertiary/aromatic N) is 2. The molecule has 0 amide bonds. The first-order valence-electron chi connectivity index (χ1n) is 6.44. The molecule has 1 aromatic heterocycles. The minimum absolute atomic E-state index is 0.411. The van der Waals surface area contributed by atoms with Gasteiger partial charge in [-0.05, 0) is 25.8 Å². The average molecular weight is 255 g/mol. The number of hydrogen-bond donors (Lipinski definition) is 1. The molecule has 0 aliphatic rings. The van der Waals surface area contributed by atoms with E-state index >= 15 is 0 Å². The number of anilines is 1. The lowest BCUT2D eigenvalue weighted by molar-refractivity contribution is 0.577. The van der Waals surface area contributed by atoms with Crippen molar-refractivity contribution < 1.29 is 0 Å². The lowest BCUT2D eigenvalue weighted by Gasteiger charge is -2.18. The van der Waals surface area contributed by atoms with Crippen molar-refractivity contribution in [2.75, 3.05) is 25.0 Å². The highest BCUT2D eigenvalue weighted by Gasteiger charge is 2.12. The molecule has 0 saturated heterocycles. The monoisotopic (exact) mass is 255 g/mol. The van der Waals surface area contributed by atoms with Crippen LogP contribution in [0, 0.1) is 5.92 Å². The topological polar surface area (TPSA) is 28.2 Å². The first-order chi connectivity index (χ1) is 8.04. The van der Waals surface area contributed by atoms with Gasteiger partial charge in [-0.25, -0.2) is 4.98 Å². The van der Waals surface area contributed by atoms with E-state index in [2.05, 4.69) is 49.9 Å². The Morgan fingerprint density at radius 1 is 1.41 bits per heavy atom. The van der Waals surface area contributed by atoms with E-state index in [0.29, 0.717) is 12.0 Å². The summed E-state index contributed by atoms with van der Waals surface area (Å²) in [6, 6.07) is 0.411. The maximum atomic E-state index is 4.50. The summed E-state index contributed by atoms with van der Waals surface area (Å²) < 4.78 is 0. The second-order valence-electron chi connectivity index (χ2n) is 5.00. The molecule has 0 aromatic carbocycles. The largest absolute Gasteiger partial charge is 0.351 e. The SMILES string of the molecule is CCCNC(C)c1cnc(N(C)CC(C)C)s1. The van der Waals surface area contributed by atoms with Crippen LogP contribution < -0.4 is 10.2 Å². The van der Waals surface area contributed by atoms with Crippen molar-refractivity contribution in [1.82, 2.24) is 10.3 Å². The summed E-state index contributed by atoms with van der Waals surface area (Å²) in [6.07, 6.45) is 3.17. The highest BCUT2D eigenvalue weighted by molar-refractivity contribution is 7.15. The molecule has 0 aliphatic heterocycles. The molecule has 0 aliphatic carbocycles. The van der Waals surface area contributed by atoms with Crippen LogP contribution in [0.2, 0.25) is 0 Å². The first-order valence-corrected chi connectivity index (χ1v) is 7.26. The number of aromatic nitrogens is 1. The van der Waals surface area contributed by atoms with Crippen LogP contribution >= 0.6 is 11.3 Å². The zero-order chi connectivity index (χ0) is 12.8. The lowest BCUT2D eigenvalue weighted by Crippen LogP contribution is -2.22. The van der Waals surface area contributed by atoms with Crippen molar-refractivity contribution in [3.8, 4) is 0 Å². The van der Waals surface area contributed by atoms with Crippen molar-refractivity contribution >= 4 is 16.5 Å². The molecule has 1 aromatic rings. The second kappa shape index (κ2) is 6.97. The minimum Gasteiger partial charge on any atom is -0.351 e. The number of hydrogen-bond acceptors (Lipinski definition) is 4. The second-order valence-corrected chi connectivity index (χ2v) is 6.04. The van der Waals surface area contributed by atoms with E-state index in [1.807, 2.05) is 6.20 Å². The standard InChI is InChI=1S/C13H25N3S/c1-6-7-14-11(4)12-8-15-13(17-12)16(5)9-10(2)3/h8,10-11,14H,6-7,9H2,1-5H3. The molecule has 1 unspecified atom stereocenters. The molecule has 0 fully saturated rings. The molecule has 0 radical (unpaired) electrons. The van der Waals surface area contributed by atoms with Gasteiger partial charge in [0.15, 0.2) is 5.13 Å². The number of nitrogens with one attached hydrogen (secondary N) is 1. The smallest absolute Gasteiger partial charge is 0.185 e. The summed E-state index contributed by atoms with van der Waals surface area (Å²) in [5.74, 6) is 0.669. The average Bonchev–Trinajstić information content (AvgIpc) is 2.74. The summed E-state index contributed by atoms with van der Waals surface area (Å²) in [5, 5.41) is 4.62. The van der Waals surface area contributed by atoms with Gasteiger partial charge in [0.25, 0.3) is 0 Å². The molecule has 3 nitrogen and oxygen atoms in total. The van der Waals surface area contributed by atoms with Gasteiger partial charge in [-0.15, -0.1) is 11.3 Å². The lowest BCUT2D eigenvalue weighted by atomic mass is 10.2.